The summed E-state index contributed by atoms with van der Waals surface area (Å²) in [6.07, 6.45) is 1.62. The predicted molar refractivity (Wildman–Crippen MR) is 97.8 cm³/mol. The molecule has 3 nitrogen and oxygen atoms in total. The maximum Gasteiger partial charge on any atom is 0.264 e. The van der Waals surface area contributed by atoms with E-state index in [9.17, 15) is 8.42 Å². The summed E-state index contributed by atoms with van der Waals surface area (Å²) >= 11 is 0. The molecule has 0 aliphatic heterocycles. The third-order valence-corrected chi connectivity index (χ3v) is 4.99. The molecule has 0 aliphatic rings. The molecule has 0 N–H and O–H groups in total. The van der Waals surface area contributed by atoms with Gasteiger partial charge in [-0.2, -0.15) is 0 Å². The molecule has 0 fully saturated rings. The molecule has 0 amide bonds. The monoisotopic (exact) mass is 339 g/mol. The van der Waals surface area contributed by atoms with E-state index in [0.29, 0.717) is 0 Å². The quantitative estimate of drug-likeness (QED) is 0.791. The van der Waals surface area contributed by atoms with Crippen molar-refractivity contribution in [1.82, 2.24) is 4.31 Å². The number of allylic oxidation sites excluding steroid dienone is 1. The average molecular weight is 339 g/mol. The van der Waals surface area contributed by atoms with Crippen molar-refractivity contribution < 1.29 is 8.42 Å². The first-order valence-electron chi connectivity index (χ1n) is 7.67. The van der Waals surface area contributed by atoms with Gasteiger partial charge in [-0.1, -0.05) is 53.3 Å². The zero-order valence-corrected chi connectivity index (χ0v) is 15.0. The van der Waals surface area contributed by atoms with E-state index in [-0.39, 0.29) is 11.4 Å². The minimum atomic E-state index is -3.61. The van der Waals surface area contributed by atoms with Crippen LogP contribution in [0.3, 0.4) is 0 Å². The Morgan fingerprint density at radius 3 is 2.25 bits per heavy atom. The van der Waals surface area contributed by atoms with Crippen LogP contribution >= 0.6 is 0 Å². The lowest BCUT2D eigenvalue weighted by Gasteiger charge is -2.18. The Morgan fingerprint density at radius 1 is 1.04 bits per heavy atom. The summed E-state index contributed by atoms with van der Waals surface area (Å²) in [7, 11) is -3.61. The molecule has 2 aromatic rings. The third-order valence-electron chi connectivity index (χ3n) is 3.27. The molecule has 0 heterocycles. The molecule has 0 aromatic heterocycles. The van der Waals surface area contributed by atoms with Crippen LogP contribution in [0.1, 0.15) is 25.0 Å². The van der Waals surface area contributed by atoms with Crippen molar-refractivity contribution in [2.45, 2.75) is 25.7 Å². The van der Waals surface area contributed by atoms with Crippen LogP contribution in [0.25, 0.3) is 0 Å². The average Bonchev–Trinajstić information content (AvgIpc) is 2.55. The van der Waals surface area contributed by atoms with Crippen LogP contribution in [0.2, 0.25) is 0 Å². The zero-order valence-electron chi connectivity index (χ0n) is 14.2. The fraction of sp³-hybridized carbons (Fsp3) is 0.200. The molecule has 0 spiro atoms. The highest BCUT2D eigenvalue weighted by molar-refractivity contribution is 7.89. The second-order valence-electron chi connectivity index (χ2n) is 5.74. The lowest BCUT2D eigenvalue weighted by molar-refractivity contribution is 0.523. The van der Waals surface area contributed by atoms with E-state index in [4.69, 9.17) is 0 Å². The second kappa shape index (κ2) is 7.85. The molecule has 0 saturated carbocycles. The highest BCUT2D eigenvalue weighted by Crippen LogP contribution is 2.17. The van der Waals surface area contributed by atoms with E-state index >= 15 is 0 Å². The topological polar surface area (TPSA) is 37.4 Å². The smallest absolute Gasteiger partial charge is 0.261 e. The number of aryl methyl sites for hydroxylation is 1. The van der Waals surface area contributed by atoms with Crippen molar-refractivity contribution in [3.05, 3.63) is 77.5 Å². The molecule has 0 unspecified atom stereocenters. The molecule has 4 heteroatoms. The molecule has 2 rings (SSSR count). The number of benzene rings is 2. The molecular weight excluding hydrogens is 318 g/mol. The van der Waals surface area contributed by atoms with Crippen molar-refractivity contribution in [2.24, 2.45) is 0 Å². The number of rotatable bonds is 4. The molecule has 0 bridgehead atoms. The SMILES string of the molecule is CC(C)=CN(CC#Cc1ccccc1)S(=O)(=O)c1ccc(C)cc1. The van der Waals surface area contributed by atoms with Crippen molar-refractivity contribution in [1.29, 1.82) is 0 Å². The second-order valence-corrected chi connectivity index (χ2v) is 7.63. The highest BCUT2D eigenvalue weighted by Gasteiger charge is 2.20. The van der Waals surface area contributed by atoms with E-state index < -0.39 is 10.0 Å². The van der Waals surface area contributed by atoms with Gasteiger partial charge in [0, 0.05) is 11.8 Å². The lowest BCUT2D eigenvalue weighted by Crippen LogP contribution is -2.26. The van der Waals surface area contributed by atoms with Gasteiger partial charge in [0.2, 0.25) is 0 Å². The lowest BCUT2D eigenvalue weighted by atomic mass is 10.2. The number of nitrogens with zero attached hydrogens (tertiary/aromatic N) is 1. The van der Waals surface area contributed by atoms with Crippen LogP contribution in [0.4, 0.5) is 0 Å². The van der Waals surface area contributed by atoms with Crippen LogP contribution in [0.5, 0.6) is 0 Å². The Morgan fingerprint density at radius 2 is 1.67 bits per heavy atom. The van der Waals surface area contributed by atoms with E-state index in [0.717, 1.165) is 16.7 Å². The summed E-state index contributed by atoms with van der Waals surface area (Å²) < 4.78 is 27.0. The van der Waals surface area contributed by atoms with Crippen molar-refractivity contribution in [3.8, 4) is 11.8 Å². The summed E-state index contributed by atoms with van der Waals surface area (Å²) in [6.45, 7) is 5.76. The zero-order chi connectivity index (χ0) is 17.6. The van der Waals surface area contributed by atoms with E-state index in [2.05, 4.69) is 11.8 Å². The summed E-state index contributed by atoms with van der Waals surface area (Å²) in [5.41, 5.74) is 2.78. The van der Waals surface area contributed by atoms with Gasteiger partial charge >= 0.3 is 0 Å². The standard InChI is InChI=1S/C20H21NO2S/c1-17(2)16-21(15-7-10-19-8-5-4-6-9-19)24(22,23)20-13-11-18(3)12-14-20/h4-6,8-9,11-14,16H,15H2,1-3H3. The molecule has 24 heavy (non-hydrogen) atoms. The Balaban J connectivity index is 2.30. The maximum absolute atomic E-state index is 12.8. The summed E-state index contributed by atoms with van der Waals surface area (Å²) in [5.74, 6) is 5.94. The minimum absolute atomic E-state index is 0.107. The molecule has 124 valence electrons. The van der Waals surface area contributed by atoms with Gasteiger partial charge in [-0.05, 0) is 45.0 Å². The van der Waals surface area contributed by atoms with Crippen LogP contribution in [-0.2, 0) is 10.0 Å². The largest absolute Gasteiger partial charge is 0.264 e. The van der Waals surface area contributed by atoms with Crippen molar-refractivity contribution in [2.75, 3.05) is 6.54 Å². The molecular formula is C20H21NO2S. The van der Waals surface area contributed by atoms with Crippen LogP contribution in [0.15, 0.2) is 71.3 Å². The molecule has 0 radical (unpaired) electrons. The summed E-state index contributed by atoms with van der Waals surface area (Å²) in [5, 5.41) is 0. The van der Waals surface area contributed by atoms with Crippen molar-refractivity contribution in [3.63, 3.8) is 0 Å². The van der Waals surface area contributed by atoms with E-state index in [1.54, 1.807) is 30.5 Å². The number of sulfonamides is 1. The van der Waals surface area contributed by atoms with Gasteiger partial charge in [-0.25, -0.2) is 8.42 Å². The minimum Gasteiger partial charge on any atom is -0.261 e. The third kappa shape index (κ3) is 4.74. The molecule has 0 atom stereocenters. The van der Waals surface area contributed by atoms with Gasteiger partial charge in [-0.3, -0.25) is 4.31 Å². The van der Waals surface area contributed by atoms with E-state index in [1.165, 1.54) is 4.31 Å². The number of hydrogen-bond donors (Lipinski definition) is 0. The molecule has 0 saturated heterocycles. The van der Waals surface area contributed by atoms with Gasteiger partial charge in [0.15, 0.2) is 0 Å². The van der Waals surface area contributed by atoms with Gasteiger partial charge < -0.3 is 0 Å². The predicted octanol–water partition coefficient (Wildman–Crippen LogP) is 3.96. The number of hydrogen-bond acceptors (Lipinski definition) is 2. The molecule has 2 aromatic carbocycles. The Labute approximate surface area is 144 Å². The van der Waals surface area contributed by atoms with Gasteiger partial charge in [0.25, 0.3) is 10.0 Å². The fourth-order valence-corrected chi connectivity index (χ4v) is 3.41. The fourth-order valence-electron chi connectivity index (χ4n) is 2.07. The van der Waals surface area contributed by atoms with Gasteiger partial charge in [0.05, 0.1) is 11.4 Å². The first kappa shape index (κ1) is 17.8. The molecule has 0 aliphatic carbocycles. The Hall–Kier alpha value is -2.51. The summed E-state index contributed by atoms with van der Waals surface area (Å²) in [6, 6.07) is 16.4. The van der Waals surface area contributed by atoms with Gasteiger partial charge in [0.1, 0.15) is 0 Å². The highest BCUT2D eigenvalue weighted by atomic mass is 32.2. The first-order valence-corrected chi connectivity index (χ1v) is 9.11. The van der Waals surface area contributed by atoms with Crippen molar-refractivity contribution >= 4 is 10.0 Å². The van der Waals surface area contributed by atoms with E-state index in [1.807, 2.05) is 51.1 Å². The Bertz CT molecular complexity index is 867. The Kier molecular flexibility index (Phi) is 5.83. The van der Waals surface area contributed by atoms with Crippen LogP contribution in [-0.4, -0.2) is 19.3 Å². The van der Waals surface area contributed by atoms with Crippen LogP contribution in [0, 0.1) is 18.8 Å². The summed E-state index contributed by atoms with van der Waals surface area (Å²) in [4.78, 5) is 0.270. The van der Waals surface area contributed by atoms with Crippen LogP contribution < -0.4 is 0 Å². The van der Waals surface area contributed by atoms with Gasteiger partial charge in [-0.15, -0.1) is 0 Å². The first-order chi connectivity index (χ1) is 11.4. The maximum atomic E-state index is 12.8. The normalized spacial score (nSPS) is 10.5.